The number of hydrogen-bond acceptors (Lipinski definition) is 5. The number of hydrogen-bond donors (Lipinski definition) is 1. The molecule has 2 N–H and O–H groups in total. The number of primary amides is 1. The lowest BCUT2D eigenvalue weighted by molar-refractivity contribution is -0.118. The lowest BCUT2D eigenvalue weighted by Gasteiger charge is -2.12. The summed E-state index contributed by atoms with van der Waals surface area (Å²) in [5.41, 5.74) is 5.23. The molecule has 1 heterocycles. The molecule has 0 atom stereocenters. The van der Waals surface area contributed by atoms with Crippen LogP contribution in [0.2, 0.25) is 0 Å². The quantitative estimate of drug-likeness (QED) is 0.527. The Morgan fingerprint density at radius 3 is 2.71 bits per heavy atom. The van der Waals surface area contributed by atoms with Gasteiger partial charge in [0.2, 0.25) is 5.91 Å². The van der Waals surface area contributed by atoms with E-state index in [1.807, 2.05) is 30.3 Å². The first-order valence-electron chi connectivity index (χ1n) is 8.07. The smallest absolute Gasteiger partial charge is 0.217 e. The topological polar surface area (TPSA) is 83.0 Å². The van der Waals surface area contributed by atoms with Crippen molar-refractivity contribution in [3.8, 4) is 5.75 Å². The van der Waals surface area contributed by atoms with Crippen LogP contribution in [0.4, 0.5) is 0 Å². The molecule has 0 aliphatic rings. The van der Waals surface area contributed by atoms with E-state index in [1.165, 1.54) is 0 Å². The van der Waals surface area contributed by atoms with Crippen molar-refractivity contribution in [2.24, 2.45) is 11.7 Å². The highest BCUT2D eigenvalue weighted by atomic mass is 32.2. The molecule has 24 heavy (non-hydrogen) atoms. The van der Waals surface area contributed by atoms with Crippen molar-refractivity contribution < 1.29 is 9.53 Å². The van der Waals surface area contributed by atoms with E-state index in [4.69, 9.17) is 10.5 Å². The first-order valence-corrected chi connectivity index (χ1v) is 9.06. The average Bonchev–Trinajstić information content (AvgIpc) is 2.92. The molecule has 2 aromatic rings. The van der Waals surface area contributed by atoms with Gasteiger partial charge in [0.05, 0.1) is 6.61 Å². The van der Waals surface area contributed by atoms with Crippen molar-refractivity contribution in [3.63, 3.8) is 0 Å². The van der Waals surface area contributed by atoms with Crippen LogP contribution in [0.1, 0.15) is 26.1 Å². The number of ether oxygens (including phenoxy) is 1. The Morgan fingerprint density at radius 2 is 2.04 bits per heavy atom. The fraction of sp³-hybridized carbons (Fsp3) is 0.471. The molecular formula is C17H24N4O2S. The Balaban J connectivity index is 1.91. The summed E-state index contributed by atoms with van der Waals surface area (Å²) in [7, 11) is 0. The number of para-hydroxylation sites is 1. The number of thioether (sulfide) groups is 1. The van der Waals surface area contributed by atoms with Gasteiger partial charge in [-0.2, -0.15) is 0 Å². The van der Waals surface area contributed by atoms with Crippen molar-refractivity contribution in [1.82, 2.24) is 14.8 Å². The predicted octanol–water partition coefficient (Wildman–Crippen LogP) is 2.52. The summed E-state index contributed by atoms with van der Waals surface area (Å²) in [4.78, 5) is 11.0. The molecule has 2 rings (SSSR count). The van der Waals surface area contributed by atoms with Crippen molar-refractivity contribution in [1.29, 1.82) is 0 Å². The second kappa shape index (κ2) is 9.32. The summed E-state index contributed by atoms with van der Waals surface area (Å²) in [6, 6.07) is 9.74. The summed E-state index contributed by atoms with van der Waals surface area (Å²) in [6.07, 6.45) is 0.814. The predicted molar refractivity (Wildman–Crippen MR) is 95.0 cm³/mol. The number of aryl methyl sites for hydroxylation is 1. The summed E-state index contributed by atoms with van der Waals surface area (Å²) >= 11 is 1.61. The van der Waals surface area contributed by atoms with Crippen LogP contribution < -0.4 is 10.5 Å². The zero-order valence-electron chi connectivity index (χ0n) is 14.1. The second-order valence-corrected chi connectivity index (χ2v) is 6.94. The normalized spacial score (nSPS) is 11.0. The third-order valence-corrected chi connectivity index (χ3v) is 4.19. The van der Waals surface area contributed by atoms with Crippen LogP contribution in [0, 0.1) is 5.92 Å². The van der Waals surface area contributed by atoms with Gasteiger partial charge in [-0.25, -0.2) is 0 Å². The third kappa shape index (κ3) is 5.88. The number of carbonyl (C=O) groups excluding carboxylic acids is 1. The number of nitrogens with zero attached hydrogens (tertiary/aromatic N) is 3. The molecule has 0 bridgehead atoms. The number of amides is 1. The number of nitrogens with two attached hydrogens (primary N) is 1. The fourth-order valence-corrected chi connectivity index (χ4v) is 2.99. The maximum atomic E-state index is 11.0. The summed E-state index contributed by atoms with van der Waals surface area (Å²) in [6.45, 7) is 5.71. The maximum absolute atomic E-state index is 11.0. The van der Waals surface area contributed by atoms with E-state index in [0.29, 0.717) is 18.9 Å². The van der Waals surface area contributed by atoms with Crippen LogP contribution in [0.25, 0.3) is 0 Å². The van der Waals surface area contributed by atoms with Crippen LogP contribution in [0.3, 0.4) is 0 Å². The van der Waals surface area contributed by atoms with Gasteiger partial charge in [-0.1, -0.05) is 43.8 Å². The van der Waals surface area contributed by atoms with Crippen molar-refractivity contribution >= 4 is 17.7 Å². The highest BCUT2D eigenvalue weighted by Crippen LogP contribution is 2.20. The van der Waals surface area contributed by atoms with Crippen LogP contribution in [-0.4, -0.2) is 33.0 Å². The zero-order chi connectivity index (χ0) is 17.4. The number of rotatable bonds is 10. The Morgan fingerprint density at radius 1 is 1.29 bits per heavy atom. The van der Waals surface area contributed by atoms with Gasteiger partial charge >= 0.3 is 0 Å². The Bertz CT molecular complexity index is 643. The van der Waals surface area contributed by atoms with Crippen LogP contribution in [0.5, 0.6) is 5.75 Å². The lowest BCUT2D eigenvalue weighted by atomic mass is 10.2. The molecule has 1 aromatic heterocycles. The van der Waals surface area contributed by atoms with E-state index < -0.39 is 0 Å². The standard InChI is InChI=1S/C17H24N4O2S/c1-13(2)12-21-16(9-8-15(18)22)19-20-17(21)24-11-10-23-14-6-4-3-5-7-14/h3-7,13H,8-12H2,1-2H3,(H2,18,22). The molecule has 0 aliphatic heterocycles. The zero-order valence-corrected chi connectivity index (χ0v) is 15.0. The number of aromatic nitrogens is 3. The largest absolute Gasteiger partial charge is 0.493 e. The van der Waals surface area contributed by atoms with Gasteiger partial charge in [0, 0.05) is 25.1 Å². The minimum absolute atomic E-state index is 0.290. The van der Waals surface area contributed by atoms with Crippen LogP contribution in [-0.2, 0) is 17.8 Å². The van der Waals surface area contributed by atoms with Gasteiger partial charge in [-0.3, -0.25) is 4.79 Å². The van der Waals surface area contributed by atoms with Gasteiger partial charge < -0.3 is 15.0 Å². The van der Waals surface area contributed by atoms with E-state index in [0.717, 1.165) is 29.0 Å². The molecule has 0 aliphatic carbocycles. The first kappa shape index (κ1) is 18.3. The van der Waals surface area contributed by atoms with Crippen LogP contribution in [0.15, 0.2) is 35.5 Å². The van der Waals surface area contributed by atoms with Crippen molar-refractivity contribution in [2.45, 2.75) is 38.4 Å². The minimum Gasteiger partial charge on any atom is -0.493 e. The van der Waals surface area contributed by atoms with Gasteiger partial charge in [0.15, 0.2) is 5.16 Å². The van der Waals surface area contributed by atoms with Gasteiger partial charge in [-0.05, 0) is 18.1 Å². The van der Waals surface area contributed by atoms with Crippen molar-refractivity contribution in [2.75, 3.05) is 12.4 Å². The van der Waals surface area contributed by atoms with E-state index in [1.54, 1.807) is 11.8 Å². The molecule has 1 amide bonds. The van der Waals surface area contributed by atoms with Gasteiger partial charge in [-0.15, -0.1) is 10.2 Å². The summed E-state index contributed by atoms with van der Waals surface area (Å²) < 4.78 is 7.78. The molecule has 0 fully saturated rings. The van der Waals surface area contributed by atoms with E-state index in [-0.39, 0.29) is 12.3 Å². The highest BCUT2D eigenvalue weighted by molar-refractivity contribution is 7.99. The summed E-state index contributed by atoms with van der Waals surface area (Å²) in [5, 5.41) is 9.34. The van der Waals surface area contributed by atoms with Crippen molar-refractivity contribution in [3.05, 3.63) is 36.2 Å². The number of carbonyl (C=O) groups is 1. The molecule has 0 unspecified atom stereocenters. The highest BCUT2D eigenvalue weighted by Gasteiger charge is 2.14. The molecule has 1 aromatic carbocycles. The SMILES string of the molecule is CC(C)Cn1c(CCC(N)=O)nnc1SCCOc1ccccc1. The Labute approximate surface area is 146 Å². The molecule has 7 heteroatoms. The van der Waals surface area contributed by atoms with Gasteiger partial charge in [0.1, 0.15) is 11.6 Å². The molecular weight excluding hydrogens is 324 g/mol. The summed E-state index contributed by atoms with van der Waals surface area (Å²) in [5.74, 6) is 2.60. The molecule has 0 radical (unpaired) electrons. The Kier molecular flexibility index (Phi) is 7.11. The van der Waals surface area contributed by atoms with Gasteiger partial charge in [0.25, 0.3) is 0 Å². The average molecular weight is 348 g/mol. The number of benzene rings is 1. The minimum atomic E-state index is -0.320. The molecule has 0 spiro atoms. The molecule has 0 saturated carbocycles. The molecule has 6 nitrogen and oxygen atoms in total. The van der Waals surface area contributed by atoms with E-state index >= 15 is 0 Å². The third-order valence-electron chi connectivity index (χ3n) is 3.26. The van der Waals surface area contributed by atoms with E-state index in [2.05, 4.69) is 28.6 Å². The maximum Gasteiger partial charge on any atom is 0.217 e. The Hall–Kier alpha value is -2.02. The first-order chi connectivity index (χ1) is 11.6. The van der Waals surface area contributed by atoms with E-state index in [9.17, 15) is 4.79 Å². The molecule has 130 valence electrons. The second-order valence-electron chi connectivity index (χ2n) is 5.88. The fourth-order valence-electron chi connectivity index (χ4n) is 2.20. The lowest BCUT2D eigenvalue weighted by Crippen LogP contribution is -2.15. The van der Waals surface area contributed by atoms with Crippen LogP contribution >= 0.6 is 11.8 Å². The molecule has 0 saturated heterocycles. The monoisotopic (exact) mass is 348 g/mol.